The maximum absolute atomic E-state index is 13.2. The van der Waals surface area contributed by atoms with Gasteiger partial charge < -0.3 is 15.4 Å². The minimum absolute atomic E-state index is 0.128. The molecule has 8 heteroatoms. The lowest BCUT2D eigenvalue weighted by Crippen LogP contribution is -2.41. The van der Waals surface area contributed by atoms with Gasteiger partial charge >= 0.3 is 0 Å². The van der Waals surface area contributed by atoms with E-state index in [0.29, 0.717) is 35.6 Å². The number of hydrogen-bond donors (Lipinski definition) is 2. The summed E-state index contributed by atoms with van der Waals surface area (Å²) in [5.74, 6) is -0.220. The third-order valence-electron chi connectivity index (χ3n) is 4.29. The van der Waals surface area contributed by atoms with Crippen LogP contribution in [0, 0.1) is 6.92 Å². The lowest BCUT2D eigenvalue weighted by Gasteiger charge is -2.26. The van der Waals surface area contributed by atoms with E-state index in [2.05, 4.69) is 22.2 Å². The fourth-order valence-corrected chi connectivity index (χ4v) is 3.15. The Morgan fingerprint density at radius 2 is 2.23 bits per heavy atom. The normalized spacial score (nSPS) is 17.2. The van der Waals surface area contributed by atoms with E-state index in [0.717, 1.165) is 0 Å². The Kier molecular flexibility index (Phi) is 4.85. The molecule has 1 fully saturated rings. The number of carbonyl (C=O) groups excluding carboxylic acids is 2. The summed E-state index contributed by atoms with van der Waals surface area (Å²) < 4.78 is 6.19. The number of piperidine rings is 1. The molecule has 1 unspecified atom stereocenters. The van der Waals surface area contributed by atoms with E-state index < -0.39 is 6.04 Å². The van der Waals surface area contributed by atoms with Crippen molar-refractivity contribution in [3.63, 3.8) is 0 Å². The highest BCUT2D eigenvalue weighted by atomic mass is 16.5. The van der Waals surface area contributed by atoms with E-state index in [4.69, 9.17) is 4.74 Å². The van der Waals surface area contributed by atoms with Crippen LogP contribution in [0.15, 0.2) is 35.3 Å². The van der Waals surface area contributed by atoms with E-state index in [-0.39, 0.29) is 29.4 Å². The molecule has 3 rings (SSSR count). The van der Waals surface area contributed by atoms with Crippen LogP contribution in [0.2, 0.25) is 0 Å². The number of amides is 2. The van der Waals surface area contributed by atoms with Crippen molar-refractivity contribution in [2.75, 3.05) is 19.0 Å². The first-order valence-electron chi connectivity index (χ1n) is 8.21. The van der Waals surface area contributed by atoms with Gasteiger partial charge in [0.2, 0.25) is 11.8 Å². The average molecular weight is 356 g/mol. The molecule has 2 N–H and O–H groups in total. The number of hydrogen-bond acceptors (Lipinski definition) is 5. The van der Waals surface area contributed by atoms with E-state index in [1.807, 2.05) is 0 Å². The second-order valence-electron chi connectivity index (χ2n) is 6.16. The van der Waals surface area contributed by atoms with Crippen LogP contribution in [0.25, 0.3) is 10.9 Å². The Morgan fingerprint density at radius 3 is 2.92 bits per heavy atom. The van der Waals surface area contributed by atoms with Gasteiger partial charge in [-0.25, -0.2) is 4.98 Å². The quantitative estimate of drug-likeness (QED) is 0.858. The number of rotatable bonds is 4. The summed E-state index contributed by atoms with van der Waals surface area (Å²) in [7, 11) is 1.41. The van der Waals surface area contributed by atoms with E-state index in [9.17, 15) is 14.4 Å². The second-order valence-corrected chi connectivity index (χ2v) is 6.16. The summed E-state index contributed by atoms with van der Waals surface area (Å²) in [4.78, 5) is 41.8. The van der Waals surface area contributed by atoms with E-state index in [1.165, 1.54) is 11.7 Å². The minimum Gasteiger partial charge on any atom is -0.375 e. The first kappa shape index (κ1) is 17.8. The molecular formula is C18H20N4O4. The number of benzene rings is 1. The third-order valence-corrected chi connectivity index (χ3v) is 4.29. The molecule has 1 aliphatic rings. The largest absolute Gasteiger partial charge is 0.375 e. The lowest BCUT2D eigenvalue weighted by atomic mass is 10.0. The van der Waals surface area contributed by atoms with Crippen molar-refractivity contribution in [1.29, 1.82) is 0 Å². The summed E-state index contributed by atoms with van der Waals surface area (Å²) in [5, 5.41) is 5.61. The Balaban J connectivity index is 2.14. The molecule has 136 valence electrons. The number of ether oxygens (including phenoxy) is 1. The molecule has 0 saturated carbocycles. The van der Waals surface area contributed by atoms with Crippen LogP contribution in [-0.4, -0.2) is 35.1 Å². The summed E-state index contributed by atoms with van der Waals surface area (Å²) in [6.45, 7) is 5.32. The highest BCUT2D eigenvalue weighted by Gasteiger charge is 2.29. The zero-order chi connectivity index (χ0) is 18.8. The van der Waals surface area contributed by atoms with Crippen molar-refractivity contribution >= 4 is 28.4 Å². The molecule has 1 atom stereocenters. The predicted octanol–water partition coefficient (Wildman–Crippen LogP) is 1.25. The second kappa shape index (κ2) is 7.09. The van der Waals surface area contributed by atoms with Gasteiger partial charge in [-0.3, -0.25) is 19.0 Å². The van der Waals surface area contributed by atoms with Crippen LogP contribution < -0.4 is 16.2 Å². The Morgan fingerprint density at radius 1 is 1.46 bits per heavy atom. The topological polar surface area (TPSA) is 102 Å². The minimum atomic E-state index is -0.660. The van der Waals surface area contributed by atoms with Gasteiger partial charge in [-0.1, -0.05) is 12.6 Å². The van der Waals surface area contributed by atoms with Gasteiger partial charge in [0.1, 0.15) is 18.5 Å². The third kappa shape index (κ3) is 3.23. The van der Waals surface area contributed by atoms with Gasteiger partial charge in [0, 0.05) is 12.8 Å². The van der Waals surface area contributed by atoms with E-state index in [1.54, 1.807) is 25.1 Å². The average Bonchev–Trinajstić information content (AvgIpc) is 2.56. The monoisotopic (exact) mass is 356 g/mol. The van der Waals surface area contributed by atoms with Crippen molar-refractivity contribution < 1.29 is 14.3 Å². The highest BCUT2D eigenvalue weighted by molar-refractivity contribution is 6.01. The summed E-state index contributed by atoms with van der Waals surface area (Å²) >= 11 is 0. The first-order valence-corrected chi connectivity index (χ1v) is 8.21. The number of allylic oxidation sites excluding steroid dienone is 1. The molecule has 1 aromatic heterocycles. The number of fused-ring (bicyclic) bond motifs is 1. The Bertz CT molecular complexity index is 964. The molecule has 2 aromatic rings. The summed E-state index contributed by atoms with van der Waals surface area (Å²) in [6.07, 6.45) is 1.06. The van der Waals surface area contributed by atoms with Crippen molar-refractivity contribution in [2.24, 2.45) is 0 Å². The molecule has 2 heterocycles. The van der Waals surface area contributed by atoms with Crippen LogP contribution in [0.3, 0.4) is 0 Å². The van der Waals surface area contributed by atoms with Crippen LogP contribution in [-0.2, 0) is 14.3 Å². The Hall–Kier alpha value is -3.00. The van der Waals surface area contributed by atoms with Gasteiger partial charge in [-0.2, -0.15) is 0 Å². The molecule has 0 spiro atoms. The predicted molar refractivity (Wildman–Crippen MR) is 96.8 cm³/mol. The molecule has 1 saturated heterocycles. The summed E-state index contributed by atoms with van der Waals surface area (Å²) in [6, 6.07) is 4.37. The van der Waals surface area contributed by atoms with Crippen LogP contribution >= 0.6 is 0 Å². The van der Waals surface area contributed by atoms with Crippen molar-refractivity contribution in [2.45, 2.75) is 25.8 Å². The van der Waals surface area contributed by atoms with Gasteiger partial charge in [0.15, 0.2) is 0 Å². The van der Waals surface area contributed by atoms with Gasteiger partial charge in [0.05, 0.1) is 16.6 Å². The van der Waals surface area contributed by atoms with Crippen molar-refractivity contribution in [1.82, 2.24) is 14.9 Å². The van der Waals surface area contributed by atoms with Gasteiger partial charge in [0.25, 0.3) is 5.56 Å². The fourth-order valence-electron chi connectivity index (χ4n) is 3.15. The number of aryl methyl sites for hydroxylation is 1. The van der Waals surface area contributed by atoms with Crippen LogP contribution in [0.5, 0.6) is 0 Å². The van der Waals surface area contributed by atoms with E-state index >= 15 is 0 Å². The molecule has 0 bridgehead atoms. The highest BCUT2D eigenvalue weighted by Crippen LogP contribution is 2.24. The molecule has 0 aliphatic carbocycles. The van der Waals surface area contributed by atoms with Gasteiger partial charge in [-0.05, 0) is 31.9 Å². The number of nitrogens with one attached hydrogen (secondary N) is 2. The molecule has 1 aliphatic heterocycles. The summed E-state index contributed by atoms with van der Waals surface area (Å²) in [5.41, 5.74) is 1.07. The van der Waals surface area contributed by atoms with Crippen molar-refractivity contribution in [3.8, 4) is 0 Å². The number of anilines is 1. The fraction of sp³-hybridized carbons (Fsp3) is 0.333. The first-order chi connectivity index (χ1) is 12.4. The number of nitrogens with zero attached hydrogens (tertiary/aromatic N) is 2. The van der Waals surface area contributed by atoms with Crippen molar-refractivity contribution in [3.05, 3.63) is 46.7 Å². The molecule has 8 nitrogen and oxygen atoms in total. The van der Waals surface area contributed by atoms with Gasteiger partial charge in [-0.15, -0.1) is 0 Å². The number of aromatic nitrogens is 2. The zero-order valence-electron chi connectivity index (χ0n) is 14.7. The van der Waals surface area contributed by atoms with Crippen LogP contribution in [0.4, 0.5) is 5.69 Å². The SMILES string of the molecule is C=C1CCC(n2c(C)nc3cccc(NC(=O)COC)c3c2=O)C(=O)N1. The smallest absolute Gasteiger partial charge is 0.264 e. The Labute approximate surface area is 149 Å². The maximum atomic E-state index is 13.2. The molecule has 2 amide bonds. The maximum Gasteiger partial charge on any atom is 0.264 e. The van der Waals surface area contributed by atoms with Crippen LogP contribution in [0.1, 0.15) is 24.7 Å². The standard InChI is InChI=1S/C18H20N4O4/c1-10-7-8-14(17(24)19-10)22-11(2)20-12-5-4-6-13(16(12)18(22)25)21-15(23)9-26-3/h4-6,14H,1,7-9H2,2-3H3,(H,19,24)(H,21,23). The molecule has 1 aromatic carbocycles. The number of methoxy groups -OCH3 is 1. The molecule has 0 radical (unpaired) electrons. The molecule has 26 heavy (non-hydrogen) atoms. The number of carbonyl (C=O) groups is 2. The zero-order valence-corrected chi connectivity index (χ0v) is 14.7. The lowest BCUT2D eigenvalue weighted by molar-refractivity contribution is -0.125. The molecular weight excluding hydrogens is 336 g/mol.